The Hall–Kier alpha value is -5.30. The Kier molecular flexibility index (Phi) is 11.6. The zero-order valence-electron chi connectivity index (χ0n) is 30.1. The number of amides is 2. The van der Waals surface area contributed by atoms with Crippen LogP contribution >= 0.6 is 15.9 Å². The number of pyridine rings is 2. The third kappa shape index (κ3) is 8.59. The molecule has 12 heteroatoms. The molecule has 266 valence electrons. The minimum absolute atomic E-state index is 0.227. The van der Waals surface area contributed by atoms with Crippen LogP contribution in [0.4, 0.5) is 11.4 Å². The number of rotatable bonds is 6. The minimum Gasteiger partial charge on any atom is -0.399 e. The van der Waals surface area contributed by atoms with Crippen molar-refractivity contribution in [3.63, 3.8) is 0 Å². The highest BCUT2D eigenvalue weighted by Gasteiger charge is 2.52. The third-order valence-corrected chi connectivity index (χ3v) is 9.47. The highest BCUT2D eigenvalue weighted by atomic mass is 79.9. The van der Waals surface area contributed by atoms with Crippen molar-refractivity contribution in [2.24, 2.45) is 0 Å². The van der Waals surface area contributed by atoms with Crippen molar-refractivity contribution in [1.29, 1.82) is 0 Å². The summed E-state index contributed by atoms with van der Waals surface area (Å²) in [4.78, 5) is 37.9. The Bertz CT molecular complexity index is 2240. The molecule has 52 heavy (non-hydrogen) atoms. The molecule has 7 rings (SSSR count). The Morgan fingerprint density at radius 1 is 0.769 bits per heavy atom. The van der Waals surface area contributed by atoms with Crippen LogP contribution < -0.4 is 16.1 Å². The molecule has 0 spiro atoms. The van der Waals surface area contributed by atoms with Crippen LogP contribution in [-0.4, -0.2) is 50.1 Å². The summed E-state index contributed by atoms with van der Waals surface area (Å²) in [6, 6.07) is 19.2. The second-order valence-electron chi connectivity index (χ2n) is 13.2. The van der Waals surface area contributed by atoms with Crippen molar-refractivity contribution in [2.45, 2.75) is 52.7 Å². The first-order valence-electron chi connectivity index (χ1n) is 16.7. The number of para-hydroxylation sites is 2. The number of carbonyl (C=O) groups excluding carboxylic acids is 2. The molecule has 0 radical (unpaired) electrons. The van der Waals surface area contributed by atoms with Gasteiger partial charge in [0.25, 0.3) is 0 Å². The van der Waals surface area contributed by atoms with Crippen molar-refractivity contribution >= 4 is 73.8 Å². The van der Waals surface area contributed by atoms with E-state index < -0.39 is 18.3 Å². The Morgan fingerprint density at radius 2 is 1.27 bits per heavy atom. The number of fused-ring (bicyclic) bond motifs is 2. The van der Waals surface area contributed by atoms with E-state index in [1.165, 1.54) is 23.1 Å². The molecule has 0 bridgehead atoms. The fraction of sp³-hybridized carbons (Fsp3) is 0.200. The molecule has 1 aliphatic rings. The molecular formula is C40H42BBrN6O4. The standard InChI is InChI=1S/C17H15N3O.C15H20BNO3.C8H7BrN2/c1-3-16(21)20-15-7-5-4-6-13(15)12-8-14-11(2)9-18-17(14)19-10-12;1-6-13(18)17-12-10-8-7-9-11(12)16-19-14(2,3)15(4,5)20-16;1-5-3-10-8-7(5)2-6(9)4-11-8/h3-10H,1H2,2H3,(H,18,19)(H,20,21);6-10H,1H2,2-5H3,(H,17,18);2-4H,1H3,(H,10,11). The predicted octanol–water partition coefficient (Wildman–Crippen LogP) is 8.41. The van der Waals surface area contributed by atoms with Gasteiger partial charge in [0.15, 0.2) is 0 Å². The Balaban J connectivity index is 0.000000158. The molecule has 0 saturated carbocycles. The number of aryl methyl sites for hydroxylation is 2. The van der Waals surface area contributed by atoms with Crippen LogP contribution in [-0.2, 0) is 18.9 Å². The second kappa shape index (κ2) is 15.9. The van der Waals surface area contributed by atoms with Gasteiger partial charge in [-0.25, -0.2) is 9.97 Å². The van der Waals surface area contributed by atoms with Crippen molar-refractivity contribution in [3.05, 3.63) is 126 Å². The average Bonchev–Trinajstić information content (AvgIpc) is 3.75. The van der Waals surface area contributed by atoms with E-state index in [-0.39, 0.29) is 11.8 Å². The number of nitrogens with zero attached hydrogens (tertiary/aromatic N) is 2. The van der Waals surface area contributed by atoms with E-state index in [1.54, 1.807) is 12.4 Å². The summed E-state index contributed by atoms with van der Waals surface area (Å²) in [5, 5.41) is 7.86. The number of benzene rings is 2. The van der Waals surface area contributed by atoms with Crippen LogP contribution in [0.5, 0.6) is 0 Å². The van der Waals surface area contributed by atoms with Crippen molar-refractivity contribution < 1.29 is 18.9 Å². The van der Waals surface area contributed by atoms with Crippen LogP contribution in [0, 0.1) is 13.8 Å². The Labute approximate surface area is 312 Å². The lowest BCUT2D eigenvalue weighted by atomic mass is 9.78. The van der Waals surface area contributed by atoms with Crippen molar-refractivity contribution in [3.8, 4) is 11.1 Å². The number of aromatic amines is 2. The van der Waals surface area contributed by atoms with Crippen LogP contribution in [0.3, 0.4) is 0 Å². The number of hydrogen-bond acceptors (Lipinski definition) is 6. The number of aromatic nitrogens is 4. The molecule has 5 heterocycles. The third-order valence-electron chi connectivity index (χ3n) is 9.04. The molecule has 2 amide bonds. The fourth-order valence-corrected chi connectivity index (χ4v) is 5.72. The molecule has 4 N–H and O–H groups in total. The zero-order chi connectivity index (χ0) is 37.6. The molecule has 10 nitrogen and oxygen atoms in total. The molecule has 0 atom stereocenters. The molecule has 4 aromatic heterocycles. The Morgan fingerprint density at radius 3 is 1.87 bits per heavy atom. The van der Waals surface area contributed by atoms with Gasteiger partial charge in [-0.2, -0.15) is 0 Å². The van der Waals surface area contributed by atoms with E-state index in [2.05, 4.69) is 78.7 Å². The van der Waals surface area contributed by atoms with E-state index >= 15 is 0 Å². The lowest BCUT2D eigenvalue weighted by Crippen LogP contribution is -2.41. The van der Waals surface area contributed by atoms with Crippen LogP contribution in [0.1, 0.15) is 38.8 Å². The van der Waals surface area contributed by atoms with Gasteiger partial charge in [0, 0.05) is 68.0 Å². The van der Waals surface area contributed by atoms with Gasteiger partial charge in [-0.05, 0) is 105 Å². The maximum Gasteiger partial charge on any atom is 0.496 e. The van der Waals surface area contributed by atoms with Crippen molar-refractivity contribution in [2.75, 3.05) is 10.6 Å². The van der Waals surface area contributed by atoms with Crippen molar-refractivity contribution in [1.82, 2.24) is 19.9 Å². The summed E-state index contributed by atoms with van der Waals surface area (Å²) in [6.07, 6.45) is 9.99. The van der Waals surface area contributed by atoms with Crippen LogP contribution in [0.15, 0.2) is 115 Å². The maximum atomic E-state index is 11.5. The number of carbonyl (C=O) groups is 2. The first kappa shape index (κ1) is 37.9. The van der Waals surface area contributed by atoms with Gasteiger partial charge >= 0.3 is 7.12 Å². The first-order valence-corrected chi connectivity index (χ1v) is 17.5. The molecule has 1 saturated heterocycles. The fourth-order valence-electron chi connectivity index (χ4n) is 5.39. The van der Waals surface area contributed by atoms with Gasteiger partial charge in [-0.3, -0.25) is 9.59 Å². The molecular weight excluding hydrogens is 719 g/mol. The van der Waals surface area contributed by atoms with Gasteiger partial charge in [-0.1, -0.05) is 49.6 Å². The topological polar surface area (TPSA) is 134 Å². The highest BCUT2D eigenvalue weighted by Crippen LogP contribution is 2.37. The van der Waals surface area contributed by atoms with E-state index in [1.807, 2.05) is 95.5 Å². The number of halogens is 1. The molecule has 0 aliphatic carbocycles. The quantitative estimate of drug-likeness (QED) is 0.0996. The molecule has 1 fully saturated rings. The lowest BCUT2D eigenvalue weighted by molar-refractivity contribution is -0.112. The minimum atomic E-state index is -0.499. The summed E-state index contributed by atoms with van der Waals surface area (Å²) >= 11 is 3.37. The van der Waals surface area contributed by atoms with E-state index in [4.69, 9.17) is 9.31 Å². The van der Waals surface area contributed by atoms with Gasteiger partial charge in [0.2, 0.25) is 11.8 Å². The summed E-state index contributed by atoms with van der Waals surface area (Å²) in [6.45, 7) is 19.0. The lowest BCUT2D eigenvalue weighted by Gasteiger charge is -2.32. The average molecular weight is 762 g/mol. The van der Waals surface area contributed by atoms with Gasteiger partial charge < -0.3 is 29.9 Å². The van der Waals surface area contributed by atoms with E-state index in [0.717, 1.165) is 49.0 Å². The number of anilines is 2. The highest BCUT2D eigenvalue weighted by molar-refractivity contribution is 9.10. The SMILES string of the molecule is C=CC(=O)Nc1ccccc1-c1cnc2[nH]cc(C)c2c1.C=CC(=O)Nc1ccccc1B1OC(C)(C)C(C)(C)O1.Cc1c[nH]c2ncc(Br)cc12. The maximum absolute atomic E-state index is 11.5. The van der Waals surface area contributed by atoms with Gasteiger partial charge in [0.1, 0.15) is 11.3 Å². The van der Waals surface area contributed by atoms with Crippen LogP contribution in [0.2, 0.25) is 0 Å². The zero-order valence-corrected chi connectivity index (χ0v) is 31.7. The molecule has 2 aromatic carbocycles. The number of hydrogen-bond donors (Lipinski definition) is 4. The van der Waals surface area contributed by atoms with Gasteiger partial charge in [-0.15, -0.1) is 0 Å². The monoisotopic (exact) mass is 760 g/mol. The van der Waals surface area contributed by atoms with E-state index in [0.29, 0.717) is 5.69 Å². The molecule has 1 aliphatic heterocycles. The summed E-state index contributed by atoms with van der Waals surface area (Å²) in [7, 11) is -0.499. The first-order chi connectivity index (χ1) is 24.7. The van der Waals surface area contributed by atoms with Crippen LogP contribution in [0.25, 0.3) is 33.2 Å². The number of H-pyrrole nitrogens is 2. The predicted molar refractivity (Wildman–Crippen MR) is 215 cm³/mol. The molecule has 0 unspecified atom stereocenters. The largest absolute Gasteiger partial charge is 0.496 e. The van der Waals surface area contributed by atoms with E-state index in [9.17, 15) is 9.59 Å². The number of nitrogens with one attached hydrogen (secondary N) is 4. The normalized spacial score (nSPS) is 14.1. The molecule has 6 aromatic rings. The summed E-state index contributed by atoms with van der Waals surface area (Å²) in [5.41, 5.74) is 7.50. The summed E-state index contributed by atoms with van der Waals surface area (Å²) < 4.78 is 13.0. The van der Waals surface area contributed by atoms with Gasteiger partial charge in [0.05, 0.1) is 11.2 Å². The second-order valence-corrected chi connectivity index (χ2v) is 14.1. The summed E-state index contributed by atoms with van der Waals surface area (Å²) in [5.74, 6) is -0.483. The smallest absolute Gasteiger partial charge is 0.399 e.